The van der Waals surface area contributed by atoms with Gasteiger partial charge in [0.1, 0.15) is 0 Å². The Hall–Kier alpha value is -2.70. The van der Waals surface area contributed by atoms with Crippen molar-refractivity contribution >= 4 is 17.3 Å². The third kappa shape index (κ3) is 3.69. The zero-order valence-corrected chi connectivity index (χ0v) is 12.8. The molecule has 1 heterocycles. The lowest BCUT2D eigenvalue weighted by atomic mass is 10.2. The zero-order chi connectivity index (χ0) is 16.3. The number of aryl methyl sites for hydroxylation is 4. The number of nitrogens with one attached hydrogen (secondary N) is 1. The van der Waals surface area contributed by atoms with Crippen molar-refractivity contribution in [1.82, 2.24) is 9.78 Å². The molecule has 0 atom stereocenters. The first-order chi connectivity index (χ1) is 10.4. The number of hydrogen-bond donors (Lipinski definition) is 1. The van der Waals surface area contributed by atoms with Crippen LogP contribution in [0.4, 0.5) is 11.4 Å². The topological polar surface area (TPSA) is 90.1 Å². The van der Waals surface area contributed by atoms with Crippen LogP contribution in [-0.2, 0) is 11.3 Å². The average Bonchev–Trinajstić information content (AvgIpc) is 2.76. The molecule has 1 aromatic heterocycles. The van der Waals surface area contributed by atoms with Crippen LogP contribution in [0.3, 0.4) is 0 Å². The Balaban J connectivity index is 1.99. The Labute approximate surface area is 128 Å². The summed E-state index contributed by atoms with van der Waals surface area (Å²) in [5, 5.41) is 17.9. The first kappa shape index (κ1) is 15.7. The van der Waals surface area contributed by atoms with E-state index in [1.54, 1.807) is 23.7 Å². The fourth-order valence-electron chi connectivity index (χ4n) is 2.22. The lowest BCUT2D eigenvalue weighted by Crippen LogP contribution is -2.15. The lowest BCUT2D eigenvalue weighted by molar-refractivity contribution is -0.385. The largest absolute Gasteiger partial charge is 0.326 e. The second kappa shape index (κ2) is 6.38. The Morgan fingerprint density at radius 1 is 1.32 bits per heavy atom. The van der Waals surface area contributed by atoms with Crippen molar-refractivity contribution < 1.29 is 9.72 Å². The minimum Gasteiger partial charge on any atom is -0.326 e. The number of rotatable bonds is 5. The van der Waals surface area contributed by atoms with Crippen molar-refractivity contribution in [3.8, 4) is 0 Å². The van der Waals surface area contributed by atoms with E-state index in [4.69, 9.17) is 0 Å². The summed E-state index contributed by atoms with van der Waals surface area (Å²) in [7, 11) is 0. The fourth-order valence-corrected chi connectivity index (χ4v) is 2.22. The molecule has 22 heavy (non-hydrogen) atoms. The molecule has 7 nitrogen and oxygen atoms in total. The smallest absolute Gasteiger partial charge is 0.274 e. The second-order valence-electron chi connectivity index (χ2n) is 5.21. The molecular formula is C15H18N4O3. The summed E-state index contributed by atoms with van der Waals surface area (Å²) >= 11 is 0. The van der Waals surface area contributed by atoms with Gasteiger partial charge < -0.3 is 5.32 Å². The average molecular weight is 302 g/mol. The molecule has 7 heteroatoms. The van der Waals surface area contributed by atoms with Crippen molar-refractivity contribution in [2.45, 2.75) is 33.7 Å². The molecule has 0 aliphatic carbocycles. The molecule has 0 saturated heterocycles. The maximum Gasteiger partial charge on any atom is 0.274 e. The van der Waals surface area contributed by atoms with Crippen LogP contribution in [0.1, 0.15) is 23.4 Å². The van der Waals surface area contributed by atoms with Crippen LogP contribution in [0.15, 0.2) is 24.3 Å². The Morgan fingerprint density at radius 3 is 2.64 bits per heavy atom. The molecule has 116 valence electrons. The van der Waals surface area contributed by atoms with Crippen LogP contribution in [0.25, 0.3) is 0 Å². The highest BCUT2D eigenvalue weighted by Crippen LogP contribution is 2.22. The summed E-state index contributed by atoms with van der Waals surface area (Å²) in [6.45, 7) is 5.96. The molecule has 0 aliphatic rings. The number of amides is 1. The fraction of sp³-hybridized carbons (Fsp3) is 0.333. The molecule has 0 unspecified atom stereocenters. The van der Waals surface area contributed by atoms with Gasteiger partial charge in [0.2, 0.25) is 5.91 Å². The summed E-state index contributed by atoms with van der Waals surface area (Å²) in [5.74, 6) is -0.203. The summed E-state index contributed by atoms with van der Waals surface area (Å²) in [4.78, 5) is 22.4. The number of benzene rings is 1. The number of carbonyl (C=O) groups is 1. The molecule has 1 amide bonds. The Morgan fingerprint density at radius 2 is 2.05 bits per heavy atom. The lowest BCUT2D eigenvalue weighted by Gasteiger charge is -2.07. The first-order valence-electron chi connectivity index (χ1n) is 6.93. The molecule has 0 radical (unpaired) electrons. The van der Waals surface area contributed by atoms with Crippen molar-refractivity contribution in [1.29, 1.82) is 0 Å². The molecule has 2 rings (SSSR count). The third-order valence-electron chi connectivity index (χ3n) is 3.34. The minimum absolute atomic E-state index is 0.00338. The maximum atomic E-state index is 11.9. The van der Waals surface area contributed by atoms with Crippen molar-refractivity contribution in [2.75, 3.05) is 5.32 Å². The van der Waals surface area contributed by atoms with E-state index in [-0.39, 0.29) is 18.0 Å². The number of nitrogens with zero attached hydrogens (tertiary/aromatic N) is 3. The molecule has 0 bridgehead atoms. The first-order valence-corrected chi connectivity index (χ1v) is 6.93. The van der Waals surface area contributed by atoms with Gasteiger partial charge in [-0.05, 0) is 32.9 Å². The van der Waals surface area contributed by atoms with Crippen LogP contribution in [-0.4, -0.2) is 20.6 Å². The summed E-state index contributed by atoms with van der Waals surface area (Å²) in [6.07, 6.45) is 0.254. The molecule has 2 aromatic rings. The predicted molar refractivity (Wildman–Crippen MR) is 82.8 cm³/mol. The standard InChI is InChI=1S/C15H18N4O3/c1-10-4-5-13(9-14(10)19(21)22)16-15(20)6-7-18-12(3)8-11(2)17-18/h4-5,8-9H,6-7H2,1-3H3,(H,16,20). The molecular weight excluding hydrogens is 284 g/mol. The number of anilines is 1. The normalized spacial score (nSPS) is 10.5. The van der Waals surface area contributed by atoms with E-state index in [1.807, 2.05) is 19.9 Å². The Bertz CT molecular complexity index is 722. The minimum atomic E-state index is -0.457. The van der Waals surface area contributed by atoms with Crippen molar-refractivity contribution in [3.05, 3.63) is 51.3 Å². The van der Waals surface area contributed by atoms with Gasteiger partial charge in [-0.1, -0.05) is 6.07 Å². The summed E-state index contributed by atoms with van der Waals surface area (Å²) < 4.78 is 1.77. The monoisotopic (exact) mass is 302 g/mol. The highest BCUT2D eigenvalue weighted by atomic mass is 16.6. The number of carbonyl (C=O) groups excluding carboxylic acids is 1. The molecule has 0 saturated carbocycles. The van der Waals surface area contributed by atoms with E-state index in [9.17, 15) is 14.9 Å². The van der Waals surface area contributed by atoms with Gasteiger partial charge in [0.05, 0.1) is 10.6 Å². The number of nitro groups is 1. The number of aromatic nitrogens is 2. The highest BCUT2D eigenvalue weighted by molar-refractivity contribution is 5.91. The number of nitro benzene ring substituents is 1. The van der Waals surface area contributed by atoms with Gasteiger partial charge in [-0.2, -0.15) is 5.10 Å². The van der Waals surface area contributed by atoms with Crippen LogP contribution in [0.2, 0.25) is 0 Å². The molecule has 0 aliphatic heterocycles. The van der Waals surface area contributed by atoms with Crippen LogP contribution in [0, 0.1) is 30.9 Å². The third-order valence-corrected chi connectivity index (χ3v) is 3.34. The van der Waals surface area contributed by atoms with Gasteiger partial charge in [0.15, 0.2) is 0 Å². The van der Waals surface area contributed by atoms with Gasteiger partial charge in [-0.15, -0.1) is 0 Å². The molecule has 0 fully saturated rings. The van der Waals surface area contributed by atoms with E-state index in [1.165, 1.54) is 6.07 Å². The van der Waals surface area contributed by atoms with Gasteiger partial charge in [0, 0.05) is 36.0 Å². The molecule has 1 N–H and O–H groups in total. The van der Waals surface area contributed by atoms with Crippen LogP contribution >= 0.6 is 0 Å². The van der Waals surface area contributed by atoms with Gasteiger partial charge in [0.25, 0.3) is 5.69 Å². The summed E-state index contributed by atoms with van der Waals surface area (Å²) in [5.41, 5.74) is 2.89. The SMILES string of the molecule is Cc1cc(C)n(CCC(=O)Nc2ccc(C)c([N+](=O)[O-])c2)n1. The van der Waals surface area contributed by atoms with Gasteiger partial charge in [-0.25, -0.2) is 0 Å². The van der Waals surface area contributed by atoms with E-state index in [2.05, 4.69) is 10.4 Å². The van der Waals surface area contributed by atoms with E-state index in [0.29, 0.717) is 17.8 Å². The second-order valence-corrected chi connectivity index (χ2v) is 5.21. The van der Waals surface area contributed by atoms with Crippen molar-refractivity contribution in [2.24, 2.45) is 0 Å². The predicted octanol–water partition coefficient (Wildman–Crippen LogP) is 2.75. The summed E-state index contributed by atoms with van der Waals surface area (Å²) in [6, 6.07) is 6.59. The van der Waals surface area contributed by atoms with Gasteiger partial charge >= 0.3 is 0 Å². The molecule has 0 spiro atoms. The van der Waals surface area contributed by atoms with Crippen molar-refractivity contribution in [3.63, 3.8) is 0 Å². The van der Waals surface area contributed by atoms with E-state index in [0.717, 1.165) is 11.4 Å². The maximum absolute atomic E-state index is 11.9. The molecule has 1 aromatic carbocycles. The Kier molecular flexibility index (Phi) is 4.55. The van der Waals surface area contributed by atoms with Crippen LogP contribution < -0.4 is 5.32 Å². The van der Waals surface area contributed by atoms with E-state index < -0.39 is 4.92 Å². The van der Waals surface area contributed by atoms with E-state index >= 15 is 0 Å². The van der Waals surface area contributed by atoms with Crippen LogP contribution in [0.5, 0.6) is 0 Å². The zero-order valence-electron chi connectivity index (χ0n) is 12.8. The quantitative estimate of drug-likeness (QED) is 0.679. The number of hydrogen-bond acceptors (Lipinski definition) is 4. The highest BCUT2D eigenvalue weighted by Gasteiger charge is 2.12. The van der Waals surface area contributed by atoms with Gasteiger partial charge in [-0.3, -0.25) is 19.6 Å².